The van der Waals surface area contributed by atoms with E-state index < -0.39 is 0 Å². The molecule has 6 heteroatoms. The first-order valence-electron chi connectivity index (χ1n) is 12.0. The number of hydrogen-bond acceptors (Lipinski definition) is 4. The largest absolute Gasteiger partial charge is 0.497 e. The average molecular weight is 451 g/mol. The molecule has 33 heavy (non-hydrogen) atoms. The highest BCUT2D eigenvalue weighted by molar-refractivity contribution is 5.97. The molecule has 1 aliphatic heterocycles. The highest BCUT2D eigenvalue weighted by Gasteiger charge is 2.41. The van der Waals surface area contributed by atoms with E-state index in [4.69, 9.17) is 9.47 Å². The zero-order valence-corrected chi connectivity index (χ0v) is 19.6. The van der Waals surface area contributed by atoms with Gasteiger partial charge in [-0.25, -0.2) is 0 Å². The van der Waals surface area contributed by atoms with Crippen molar-refractivity contribution in [2.75, 3.05) is 19.1 Å². The summed E-state index contributed by atoms with van der Waals surface area (Å²) < 4.78 is 10.6. The van der Waals surface area contributed by atoms with E-state index in [1.54, 1.807) is 19.1 Å². The van der Waals surface area contributed by atoms with E-state index in [1.165, 1.54) is 12.8 Å². The van der Waals surface area contributed by atoms with E-state index in [0.29, 0.717) is 12.8 Å². The predicted octanol–water partition coefficient (Wildman–Crippen LogP) is 5.03. The second-order valence-corrected chi connectivity index (χ2v) is 9.02. The summed E-state index contributed by atoms with van der Waals surface area (Å²) >= 11 is 0. The van der Waals surface area contributed by atoms with Gasteiger partial charge in [0.05, 0.1) is 26.2 Å². The van der Waals surface area contributed by atoms with Crippen LogP contribution in [0.1, 0.15) is 63.0 Å². The molecule has 0 bridgehead atoms. The van der Waals surface area contributed by atoms with Gasteiger partial charge >= 0.3 is 0 Å². The van der Waals surface area contributed by atoms with Gasteiger partial charge in [0.2, 0.25) is 11.8 Å². The maximum atomic E-state index is 13.6. The molecule has 1 saturated carbocycles. The topological polar surface area (TPSA) is 67.9 Å². The van der Waals surface area contributed by atoms with E-state index in [9.17, 15) is 9.59 Å². The maximum Gasteiger partial charge on any atom is 0.227 e. The molecule has 0 spiro atoms. The monoisotopic (exact) mass is 450 g/mol. The molecular formula is C27H34N2O4. The van der Waals surface area contributed by atoms with Crippen LogP contribution in [0.25, 0.3) is 0 Å². The van der Waals surface area contributed by atoms with Crippen LogP contribution >= 0.6 is 0 Å². The lowest BCUT2D eigenvalue weighted by Crippen LogP contribution is -2.50. The minimum absolute atomic E-state index is 0.0273. The van der Waals surface area contributed by atoms with Gasteiger partial charge in [0.25, 0.3) is 0 Å². The molecule has 4 rings (SSSR count). The third-order valence-corrected chi connectivity index (χ3v) is 6.94. The molecule has 0 radical (unpaired) electrons. The first-order valence-corrected chi connectivity index (χ1v) is 12.0. The second-order valence-electron chi connectivity index (χ2n) is 9.02. The fourth-order valence-corrected chi connectivity index (χ4v) is 5.13. The van der Waals surface area contributed by atoms with Gasteiger partial charge in [0.15, 0.2) is 0 Å². The number of piperidine rings is 1. The van der Waals surface area contributed by atoms with Crippen LogP contribution in [0, 0.1) is 5.92 Å². The third-order valence-electron chi connectivity index (χ3n) is 6.94. The molecule has 1 heterocycles. The van der Waals surface area contributed by atoms with Crippen molar-refractivity contribution in [1.29, 1.82) is 0 Å². The fourth-order valence-electron chi connectivity index (χ4n) is 5.13. The van der Waals surface area contributed by atoms with E-state index in [0.717, 1.165) is 48.4 Å². The predicted molar refractivity (Wildman–Crippen MR) is 129 cm³/mol. The summed E-state index contributed by atoms with van der Waals surface area (Å²) in [6, 6.07) is 15.0. The number of anilines is 1. The minimum Gasteiger partial charge on any atom is -0.497 e. The number of carbonyl (C=O) groups is 2. The lowest BCUT2D eigenvalue weighted by Gasteiger charge is -2.41. The summed E-state index contributed by atoms with van der Waals surface area (Å²) in [6.45, 7) is 0. The van der Waals surface area contributed by atoms with Crippen molar-refractivity contribution in [3.63, 3.8) is 0 Å². The Balaban J connectivity index is 1.67. The molecule has 176 valence electrons. The Kier molecular flexibility index (Phi) is 7.53. The molecule has 2 atom stereocenters. The molecular weight excluding hydrogens is 416 g/mol. The second kappa shape index (κ2) is 10.7. The zero-order valence-electron chi connectivity index (χ0n) is 19.6. The molecule has 2 aliphatic rings. The van der Waals surface area contributed by atoms with Crippen LogP contribution in [0.4, 0.5) is 5.69 Å². The van der Waals surface area contributed by atoms with Crippen LogP contribution < -0.4 is 19.7 Å². The van der Waals surface area contributed by atoms with E-state index >= 15 is 0 Å². The number of nitrogens with one attached hydrogen (secondary N) is 1. The van der Waals surface area contributed by atoms with Crippen LogP contribution in [0.5, 0.6) is 11.5 Å². The van der Waals surface area contributed by atoms with Crippen LogP contribution in [0.3, 0.4) is 0 Å². The van der Waals surface area contributed by atoms with Gasteiger partial charge in [-0.1, -0.05) is 37.8 Å². The fraction of sp³-hybridized carbons (Fsp3) is 0.481. The summed E-state index contributed by atoms with van der Waals surface area (Å²) in [5, 5.41) is 3.33. The number of methoxy groups -OCH3 is 2. The number of carbonyl (C=O) groups excluding carboxylic acids is 2. The summed E-state index contributed by atoms with van der Waals surface area (Å²) in [5.74, 6) is 1.23. The lowest BCUT2D eigenvalue weighted by atomic mass is 9.82. The quantitative estimate of drug-likeness (QED) is 0.627. The molecule has 2 unspecified atom stereocenters. The lowest BCUT2D eigenvalue weighted by molar-refractivity contribution is -0.130. The van der Waals surface area contributed by atoms with E-state index in [-0.39, 0.29) is 29.8 Å². The standard InChI is InChI=1S/C27H34N2O4/c1-32-22-13-9-19(10-14-22)26-24(27(31)28-20-7-5-3-4-6-8-20)17-18-25(30)29(26)21-11-15-23(33-2)16-12-21/h9-16,20,24,26H,3-8,17-18H2,1-2H3,(H,28,31). The molecule has 1 saturated heterocycles. The normalized spacial score (nSPS) is 21.9. The highest BCUT2D eigenvalue weighted by Crippen LogP contribution is 2.41. The first kappa shape index (κ1) is 23.1. The summed E-state index contributed by atoms with van der Waals surface area (Å²) in [7, 11) is 3.25. The van der Waals surface area contributed by atoms with Crippen molar-refractivity contribution in [3.8, 4) is 11.5 Å². The Morgan fingerprint density at radius 3 is 2.00 bits per heavy atom. The van der Waals surface area contributed by atoms with Gasteiger partial charge < -0.3 is 19.7 Å². The molecule has 1 N–H and O–H groups in total. The Morgan fingerprint density at radius 1 is 0.848 bits per heavy atom. The number of ether oxygens (including phenoxy) is 2. The first-order chi connectivity index (χ1) is 16.1. The minimum atomic E-state index is -0.378. The molecule has 2 aromatic rings. The summed E-state index contributed by atoms with van der Waals surface area (Å²) in [4.78, 5) is 28.6. The van der Waals surface area contributed by atoms with Crippen molar-refractivity contribution >= 4 is 17.5 Å². The van der Waals surface area contributed by atoms with Gasteiger partial charge in [-0.2, -0.15) is 0 Å². The number of rotatable bonds is 6. The van der Waals surface area contributed by atoms with Gasteiger partial charge in [-0.15, -0.1) is 0 Å². The Hall–Kier alpha value is -3.02. The highest BCUT2D eigenvalue weighted by atomic mass is 16.5. The van der Waals surface area contributed by atoms with E-state index in [1.807, 2.05) is 48.5 Å². The van der Waals surface area contributed by atoms with Gasteiger partial charge in [0, 0.05) is 18.2 Å². The Bertz CT molecular complexity index is 934. The van der Waals surface area contributed by atoms with Gasteiger partial charge in [0.1, 0.15) is 11.5 Å². The van der Waals surface area contributed by atoms with Crippen molar-refractivity contribution in [1.82, 2.24) is 5.32 Å². The summed E-state index contributed by atoms with van der Waals surface area (Å²) in [5.41, 5.74) is 1.70. The zero-order chi connectivity index (χ0) is 23.2. The van der Waals surface area contributed by atoms with Crippen molar-refractivity contribution < 1.29 is 19.1 Å². The molecule has 2 amide bonds. The van der Waals surface area contributed by atoms with Crippen LogP contribution in [0.2, 0.25) is 0 Å². The van der Waals surface area contributed by atoms with Gasteiger partial charge in [-0.05, 0) is 61.2 Å². The average Bonchev–Trinajstić information content (AvgIpc) is 3.12. The SMILES string of the molecule is COc1ccc(C2C(C(=O)NC3CCCCCC3)CCC(=O)N2c2ccc(OC)cc2)cc1. The molecule has 2 fully saturated rings. The van der Waals surface area contributed by atoms with Crippen molar-refractivity contribution in [3.05, 3.63) is 54.1 Å². The molecule has 2 aromatic carbocycles. The number of nitrogens with zero attached hydrogens (tertiary/aromatic N) is 1. The number of hydrogen-bond donors (Lipinski definition) is 1. The van der Waals surface area contributed by atoms with Gasteiger partial charge in [-0.3, -0.25) is 9.59 Å². The Labute approximate surface area is 196 Å². The number of benzene rings is 2. The van der Waals surface area contributed by atoms with Crippen LogP contribution in [-0.4, -0.2) is 32.1 Å². The third kappa shape index (κ3) is 5.32. The molecule has 6 nitrogen and oxygen atoms in total. The summed E-state index contributed by atoms with van der Waals surface area (Å²) in [6.07, 6.45) is 7.76. The van der Waals surface area contributed by atoms with Crippen LogP contribution in [-0.2, 0) is 9.59 Å². The Morgan fingerprint density at radius 2 is 1.42 bits per heavy atom. The molecule has 0 aromatic heterocycles. The number of amides is 2. The molecule has 1 aliphatic carbocycles. The van der Waals surface area contributed by atoms with Crippen LogP contribution in [0.15, 0.2) is 48.5 Å². The maximum absolute atomic E-state index is 13.6. The van der Waals surface area contributed by atoms with E-state index in [2.05, 4.69) is 5.32 Å². The van der Waals surface area contributed by atoms with Crippen molar-refractivity contribution in [2.24, 2.45) is 5.92 Å². The van der Waals surface area contributed by atoms with Crippen molar-refractivity contribution in [2.45, 2.75) is 63.5 Å². The smallest absolute Gasteiger partial charge is 0.227 e.